The third-order valence-electron chi connectivity index (χ3n) is 7.09. The fraction of sp³-hybridized carbons (Fsp3) is 0.267. The van der Waals surface area contributed by atoms with E-state index in [1.165, 1.54) is 6.33 Å². The zero-order valence-electron chi connectivity index (χ0n) is 23.0. The van der Waals surface area contributed by atoms with Crippen LogP contribution in [0.2, 0.25) is 0 Å². The topological polar surface area (TPSA) is 132 Å². The molecule has 0 aliphatic carbocycles. The van der Waals surface area contributed by atoms with Crippen LogP contribution >= 0.6 is 23.0 Å². The van der Waals surface area contributed by atoms with Crippen molar-refractivity contribution in [1.29, 1.82) is 5.26 Å². The van der Waals surface area contributed by atoms with Gasteiger partial charge in [-0.1, -0.05) is 36.4 Å². The van der Waals surface area contributed by atoms with Crippen molar-refractivity contribution in [2.45, 2.75) is 12.5 Å². The van der Waals surface area contributed by atoms with Crippen molar-refractivity contribution in [1.82, 2.24) is 24.5 Å². The van der Waals surface area contributed by atoms with Crippen molar-refractivity contribution < 1.29 is 17.4 Å². The van der Waals surface area contributed by atoms with Crippen molar-refractivity contribution >= 4 is 45.8 Å². The molecule has 0 saturated carbocycles. The Morgan fingerprint density at radius 2 is 1.95 bits per heavy atom. The Labute approximate surface area is 257 Å². The van der Waals surface area contributed by atoms with Crippen LogP contribution in [0.3, 0.4) is 0 Å². The van der Waals surface area contributed by atoms with E-state index in [0.29, 0.717) is 73.1 Å². The highest BCUT2D eigenvalue weighted by atomic mass is 127. The van der Waals surface area contributed by atoms with Gasteiger partial charge in [-0.2, -0.15) is 10.3 Å². The minimum Gasteiger partial charge on any atom is -0.457 e. The van der Waals surface area contributed by atoms with E-state index in [1.54, 1.807) is 29.2 Å². The number of carbonyl (C=O) groups excluding carboxylic acids is 1. The number of nitrogens with zero attached hydrogens (tertiary/aromatic N) is 6. The predicted molar refractivity (Wildman–Crippen MR) is 167 cm³/mol. The van der Waals surface area contributed by atoms with E-state index in [9.17, 15) is 10.1 Å². The molecule has 42 heavy (non-hydrogen) atoms. The number of hydrogen-bond acceptors (Lipinski definition) is 9. The summed E-state index contributed by atoms with van der Waals surface area (Å²) >= 11 is 1.81. The molecule has 12 heteroatoms. The summed E-state index contributed by atoms with van der Waals surface area (Å²) in [6.07, 6.45) is 5.40. The minimum absolute atomic E-state index is 0.101. The first-order valence-corrected chi connectivity index (χ1v) is 14.3. The third-order valence-corrected chi connectivity index (χ3v) is 7.65. The zero-order chi connectivity index (χ0) is 29.5. The molecule has 0 spiro atoms. The number of methoxy groups -OCH3 is 1. The summed E-state index contributed by atoms with van der Waals surface area (Å²) in [6.45, 7) is 2.54. The van der Waals surface area contributed by atoms with E-state index in [0.717, 1.165) is 11.3 Å². The largest absolute Gasteiger partial charge is 0.457 e. The predicted octanol–water partition coefficient (Wildman–Crippen LogP) is 4.90. The molecule has 0 bridgehead atoms. The number of nitrogens with two attached hydrogens (primary N) is 1. The van der Waals surface area contributed by atoms with Crippen LogP contribution in [0.4, 0.5) is 5.82 Å². The van der Waals surface area contributed by atoms with Gasteiger partial charge in [0.1, 0.15) is 64.1 Å². The maximum absolute atomic E-state index is 13.0. The van der Waals surface area contributed by atoms with Gasteiger partial charge in [-0.15, -0.1) is 0 Å². The molecule has 2 aromatic heterocycles. The third kappa shape index (κ3) is 6.39. The summed E-state index contributed by atoms with van der Waals surface area (Å²) in [5.41, 5.74) is 8.82. The number of nitriles is 1. The highest BCUT2D eigenvalue weighted by Gasteiger charge is 2.32. The number of amides is 1. The SMILES string of the molecule is COCCN(C/C=C/C(=O)N1CC[C@@H](n2c(C#N)c(-c3ccc(Oc4ccccc4)cc3)c3c(N)ncnc32)C1)OI. The molecular weight excluding hydrogens is 649 g/mol. The number of halogens is 1. The second-order valence-corrected chi connectivity index (χ2v) is 10.1. The molecule has 1 saturated heterocycles. The highest BCUT2D eigenvalue weighted by Crippen LogP contribution is 2.40. The number of ether oxygens (including phenoxy) is 2. The summed E-state index contributed by atoms with van der Waals surface area (Å²) in [4.78, 5) is 23.5. The number of likely N-dealkylation sites (tertiary alicyclic amines) is 1. The number of carbonyl (C=O) groups is 1. The number of fused-ring (bicyclic) bond motifs is 1. The summed E-state index contributed by atoms with van der Waals surface area (Å²) in [5.74, 6) is 1.59. The molecule has 0 radical (unpaired) electrons. The number of hydroxylamine groups is 2. The van der Waals surface area contributed by atoms with Gasteiger partial charge in [0.25, 0.3) is 0 Å². The van der Waals surface area contributed by atoms with Crippen molar-refractivity contribution in [3.05, 3.63) is 78.8 Å². The molecule has 4 aromatic rings. The molecule has 2 aromatic carbocycles. The lowest BCUT2D eigenvalue weighted by Gasteiger charge is -2.18. The Morgan fingerprint density at radius 1 is 1.19 bits per heavy atom. The Kier molecular flexibility index (Phi) is 9.65. The molecule has 1 aliphatic rings. The summed E-state index contributed by atoms with van der Waals surface area (Å²) in [6, 6.07) is 19.3. The molecule has 0 unspecified atom stereocenters. The normalized spacial score (nSPS) is 15.1. The van der Waals surface area contributed by atoms with Crippen LogP contribution in [0.5, 0.6) is 11.5 Å². The Bertz CT molecular complexity index is 1600. The van der Waals surface area contributed by atoms with Gasteiger partial charge in [0.05, 0.1) is 18.0 Å². The van der Waals surface area contributed by atoms with Crippen LogP contribution in [-0.4, -0.2) is 70.3 Å². The molecule has 5 rings (SSSR count). The van der Waals surface area contributed by atoms with E-state index in [-0.39, 0.29) is 11.9 Å². The van der Waals surface area contributed by atoms with Gasteiger partial charge in [-0.05, 0) is 36.2 Å². The van der Waals surface area contributed by atoms with E-state index >= 15 is 0 Å². The molecular formula is C30H30IN7O4. The maximum Gasteiger partial charge on any atom is 0.246 e. The van der Waals surface area contributed by atoms with Gasteiger partial charge >= 0.3 is 0 Å². The Balaban J connectivity index is 1.40. The van der Waals surface area contributed by atoms with E-state index < -0.39 is 0 Å². The number of rotatable bonds is 11. The second kappa shape index (κ2) is 13.8. The van der Waals surface area contributed by atoms with Gasteiger partial charge in [-0.3, -0.25) is 4.79 Å². The van der Waals surface area contributed by atoms with Gasteiger partial charge in [0.2, 0.25) is 5.91 Å². The van der Waals surface area contributed by atoms with Crippen LogP contribution in [0.15, 0.2) is 73.1 Å². The minimum atomic E-state index is -0.154. The van der Waals surface area contributed by atoms with Gasteiger partial charge in [0, 0.05) is 44.9 Å². The van der Waals surface area contributed by atoms with Crippen LogP contribution in [0, 0.1) is 11.3 Å². The van der Waals surface area contributed by atoms with Gasteiger partial charge in [-0.25, -0.2) is 13.1 Å². The van der Waals surface area contributed by atoms with E-state index in [2.05, 4.69) is 16.0 Å². The molecule has 11 nitrogen and oxygen atoms in total. The molecule has 1 aliphatic heterocycles. The number of nitrogen functional groups attached to an aromatic ring is 1. The van der Waals surface area contributed by atoms with Crippen molar-refractivity contribution in [2.24, 2.45) is 0 Å². The van der Waals surface area contributed by atoms with Crippen LogP contribution in [-0.2, 0) is 12.7 Å². The molecule has 2 N–H and O–H groups in total. The monoisotopic (exact) mass is 679 g/mol. The Hall–Kier alpha value is -4.03. The summed E-state index contributed by atoms with van der Waals surface area (Å²) < 4.78 is 18.2. The first kappa shape index (κ1) is 29.5. The molecule has 1 atom stereocenters. The average Bonchev–Trinajstić information content (AvgIpc) is 3.63. The molecule has 1 fully saturated rings. The number of aromatic nitrogens is 3. The molecule has 3 heterocycles. The average molecular weight is 680 g/mol. The lowest BCUT2D eigenvalue weighted by molar-refractivity contribution is -0.125. The highest BCUT2D eigenvalue weighted by molar-refractivity contribution is 14.1. The van der Waals surface area contributed by atoms with Gasteiger partial charge < -0.3 is 24.7 Å². The number of anilines is 1. The van der Waals surface area contributed by atoms with Crippen LogP contribution in [0.25, 0.3) is 22.2 Å². The first-order chi connectivity index (χ1) is 20.5. The lowest BCUT2D eigenvalue weighted by Crippen LogP contribution is -2.28. The van der Waals surface area contributed by atoms with Crippen molar-refractivity contribution in [3.63, 3.8) is 0 Å². The Morgan fingerprint density at radius 3 is 2.67 bits per heavy atom. The smallest absolute Gasteiger partial charge is 0.246 e. The fourth-order valence-electron chi connectivity index (χ4n) is 5.09. The number of hydrogen-bond donors (Lipinski definition) is 1. The number of benzene rings is 2. The summed E-state index contributed by atoms with van der Waals surface area (Å²) in [7, 11) is 1.63. The fourth-order valence-corrected chi connectivity index (χ4v) is 5.45. The zero-order valence-corrected chi connectivity index (χ0v) is 25.2. The molecule has 216 valence electrons. The molecule has 1 amide bonds. The van der Waals surface area contributed by atoms with Crippen molar-refractivity contribution in [3.8, 4) is 28.7 Å². The van der Waals surface area contributed by atoms with E-state index in [4.69, 9.17) is 18.4 Å². The summed E-state index contributed by atoms with van der Waals surface area (Å²) in [5, 5.41) is 12.7. The lowest BCUT2D eigenvalue weighted by atomic mass is 10.0. The standard InChI is InChI=1S/C30H30IN7O4/c1-40-17-16-37(42-31)14-5-8-26(39)36-15-13-22(19-36)38-25(18-32)27(28-29(33)34-20-35-30(28)38)21-9-11-24(12-10-21)41-23-6-3-2-4-7-23/h2-12,20,22H,13-17,19H2,1H3,(H2,33,34,35)/b8-5+/t22-/m1/s1. The number of para-hydroxylation sites is 1. The quantitative estimate of drug-likeness (QED) is 0.134. The van der Waals surface area contributed by atoms with Crippen molar-refractivity contribution in [2.75, 3.05) is 45.6 Å². The van der Waals surface area contributed by atoms with Gasteiger partial charge in [0.15, 0.2) is 0 Å². The van der Waals surface area contributed by atoms with E-state index in [1.807, 2.05) is 82.2 Å². The first-order valence-electron chi connectivity index (χ1n) is 13.4. The van der Waals surface area contributed by atoms with Crippen LogP contribution < -0.4 is 10.5 Å². The van der Waals surface area contributed by atoms with Crippen LogP contribution in [0.1, 0.15) is 18.2 Å². The second-order valence-electron chi connectivity index (χ2n) is 9.68. The maximum atomic E-state index is 13.0.